The van der Waals surface area contributed by atoms with Crippen LogP contribution in [0, 0.1) is 0 Å². The Labute approximate surface area is 106 Å². The van der Waals surface area contributed by atoms with Crippen LogP contribution in [-0.2, 0) is 4.74 Å². The minimum atomic E-state index is -0.803. The quantitative estimate of drug-likeness (QED) is 0.517. The summed E-state index contributed by atoms with van der Waals surface area (Å²) in [5.41, 5.74) is 0.439. The van der Waals surface area contributed by atoms with E-state index in [-0.39, 0.29) is 0 Å². The highest BCUT2D eigenvalue weighted by Crippen LogP contribution is 2.24. The van der Waals surface area contributed by atoms with Gasteiger partial charge >= 0.3 is 0 Å². The maximum absolute atomic E-state index is 9.99. The van der Waals surface area contributed by atoms with Crippen molar-refractivity contribution >= 4 is 0 Å². The zero-order chi connectivity index (χ0) is 13.7. The van der Waals surface area contributed by atoms with Gasteiger partial charge in [0, 0.05) is 0 Å². The molecular weight excluding hydrogens is 212 g/mol. The molecular formula is C15H26O2. The van der Waals surface area contributed by atoms with Crippen molar-refractivity contribution in [2.45, 2.75) is 51.7 Å². The second-order valence-electron chi connectivity index (χ2n) is 5.07. The average molecular weight is 238 g/mol. The Bertz CT molecular complexity index is 298. The lowest BCUT2D eigenvalue weighted by Gasteiger charge is -2.28. The minimum Gasteiger partial charge on any atom is -0.386 e. The van der Waals surface area contributed by atoms with E-state index in [0.717, 1.165) is 11.1 Å². The van der Waals surface area contributed by atoms with Crippen molar-refractivity contribution in [1.82, 2.24) is 0 Å². The molecule has 0 amide bonds. The molecule has 98 valence electrons. The van der Waals surface area contributed by atoms with Gasteiger partial charge in [0.05, 0.1) is 17.8 Å². The summed E-state index contributed by atoms with van der Waals surface area (Å²) < 4.78 is 5.75. The smallest absolute Gasteiger partial charge is 0.0869 e. The van der Waals surface area contributed by atoms with E-state index in [4.69, 9.17) is 4.74 Å². The second-order valence-corrected chi connectivity index (χ2v) is 5.07. The molecule has 0 heterocycles. The van der Waals surface area contributed by atoms with Gasteiger partial charge in [-0.1, -0.05) is 32.7 Å². The number of hydrogen-bond donors (Lipinski definition) is 1. The summed E-state index contributed by atoms with van der Waals surface area (Å²) in [6, 6.07) is 0. The van der Waals surface area contributed by atoms with Crippen LogP contribution in [0.5, 0.6) is 0 Å². The van der Waals surface area contributed by atoms with Crippen LogP contribution in [0.15, 0.2) is 37.0 Å². The van der Waals surface area contributed by atoms with Crippen LogP contribution in [0.2, 0.25) is 0 Å². The number of rotatable bonds is 8. The Morgan fingerprint density at radius 2 is 1.82 bits per heavy atom. The molecule has 0 aliphatic heterocycles. The molecule has 2 heteroatoms. The fourth-order valence-electron chi connectivity index (χ4n) is 1.29. The molecule has 0 spiro atoms. The molecule has 17 heavy (non-hydrogen) atoms. The molecule has 0 saturated heterocycles. The van der Waals surface area contributed by atoms with Gasteiger partial charge in [0.1, 0.15) is 0 Å². The lowest BCUT2D eigenvalue weighted by molar-refractivity contribution is 0.00925. The van der Waals surface area contributed by atoms with Gasteiger partial charge in [-0.25, -0.2) is 0 Å². The summed E-state index contributed by atoms with van der Waals surface area (Å²) in [7, 11) is 0. The first-order valence-corrected chi connectivity index (χ1v) is 6.03. The normalized spacial score (nSPS) is 15.1. The van der Waals surface area contributed by atoms with Gasteiger partial charge in [-0.3, -0.25) is 0 Å². The van der Waals surface area contributed by atoms with Gasteiger partial charge in [0.2, 0.25) is 0 Å². The predicted molar refractivity (Wildman–Crippen MR) is 74.0 cm³/mol. The third-order valence-electron chi connectivity index (χ3n) is 3.34. The molecule has 0 rings (SSSR count). The Kier molecular flexibility index (Phi) is 5.86. The Hall–Kier alpha value is -0.860. The molecule has 0 bridgehead atoms. The average Bonchev–Trinajstić information content (AvgIpc) is 2.27. The fraction of sp³-hybridized carbons (Fsp3) is 0.600. The lowest BCUT2D eigenvalue weighted by Crippen LogP contribution is -2.29. The van der Waals surface area contributed by atoms with Crippen LogP contribution in [0.3, 0.4) is 0 Å². The number of hydrogen-bond acceptors (Lipinski definition) is 2. The summed E-state index contributed by atoms with van der Waals surface area (Å²) in [5.74, 6) is 0. The molecule has 0 aliphatic rings. The van der Waals surface area contributed by atoms with E-state index in [1.165, 1.54) is 0 Å². The Morgan fingerprint density at radius 1 is 1.29 bits per heavy atom. The lowest BCUT2D eigenvalue weighted by atomic mass is 9.92. The van der Waals surface area contributed by atoms with Crippen molar-refractivity contribution in [2.24, 2.45) is 0 Å². The van der Waals surface area contributed by atoms with E-state index in [1.54, 1.807) is 13.0 Å². The first-order chi connectivity index (χ1) is 7.67. The SMILES string of the molecule is C=CC(=C)C(C)(C)OCCC(=C)C(C)(O)CC. The zero-order valence-corrected chi connectivity index (χ0v) is 11.7. The van der Waals surface area contributed by atoms with Crippen LogP contribution < -0.4 is 0 Å². The summed E-state index contributed by atoms with van der Waals surface area (Å²) in [6.07, 6.45) is 3.01. The van der Waals surface area contributed by atoms with E-state index >= 15 is 0 Å². The van der Waals surface area contributed by atoms with Crippen LogP contribution in [-0.4, -0.2) is 22.9 Å². The number of aliphatic hydroxyl groups is 1. The van der Waals surface area contributed by atoms with Gasteiger partial charge < -0.3 is 9.84 Å². The molecule has 0 aromatic rings. The Balaban J connectivity index is 4.21. The van der Waals surface area contributed by atoms with Gasteiger partial charge in [-0.2, -0.15) is 0 Å². The highest BCUT2D eigenvalue weighted by Gasteiger charge is 2.24. The maximum Gasteiger partial charge on any atom is 0.0869 e. The molecule has 0 radical (unpaired) electrons. The molecule has 1 N–H and O–H groups in total. The number of ether oxygens (including phenoxy) is 1. The van der Waals surface area contributed by atoms with Gasteiger partial charge in [0.25, 0.3) is 0 Å². The fourth-order valence-corrected chi connectivity index (χ4v) is 1.29. The highest BCUT2D eigenvalue weighted by molar-refractivity contribution is 5.21. The van der Waals surface area contributed by atoms with Crippen molar-refractivity contribution in [2.75, 3.05) is 6.61 Å². The third-order valence-corrected chi connectivity index (χ3v) is 3.34. The second kappa shape index (κ2) is 6.18. The molecule has 1 unspecified atom stereocenters. The third kappa shape index (κ3) is 4.88. The Morgan fingerprint density at radius 3 is 2.24 bits per heavy atom. The maximum atomic E-state index is 9.99. The monoisotopic (exact) mass is 238 g/mol. The molecule has 2 nitrogen and oxygen atoms in total. The molecule has 1 atom stereocenters. The van der Waals surface area contributed by atoms with Gasteiger partial charge in [-0.05, 0) is 44.8 Å². The molecule has 0 saturated carbocycles. The van der Waals surface area contributed by atoms with Crippen molar-refractivity contribution in [3.05, 3.63) is 37.0 Å². The molecule has 0 aromatic heterocycles. The highest BCUT2D eigenvalue weighted by atomic mass is 16.5. The van der Waals surface area contributed by atoms with Crippen LogP contribution >= 0.6 is 0 Å². The van der Waals surface area contributed by atoms with Gasteiger partial charge in [-0.15, -0.1) is 0 Å². The van der Waals surface area contributed by atoms with Crippen LogP contribution in [0.1, 0.15) is 40.5 Å². The minimum absolute atomic E-state index is 0.417. The first kappa shape index (κ1) is 16.1. The van der Waals surface area contributed by atoms with Crippen LogP contribution in [0.4, 0.5) is 0 Å². The van der Waals surface area contributed by atoms with E-state index in [2.05, 4.69) is 19.7 Å². The molecule has 0 fully saturated rings. The van der Waals surface area contributed by atoms with Crippen molar-refractivity contribution in [3.63, 3.8) is 0 Å². The van der Waals surface area contributed by atoms with Crippen LogP contribution in [0.25, 0.3) is 0 Å². The largest absolute Gasteiger partial charge is 0.386 e. The first-order valence-electron chi connectivity index (χ1n) is 6.03. The van der Waals surface area contributed by atoms with E-state index < -0.39 is 11.2 Å². The van der Waals surface area contributed by atoms with E-state index in [9.17, 15) is 5.11 Å². The summed E-state index contributed by atoms with van der Waals surface area (Å²) >= 11 is 0. The summed E-state index contributed by atoms with van der Waals surface area (Å²) in [6.45, 7) is 19.6. The van der Waals surface area contributed by atoms with Crippen molar-refractivity contribution < 1.29 is 9.84 Å². The standard InChI is InChI=1S/C15H26O2/c1-8-12(3)14(5,6)17-11-10-13(4)15(7,16)9-2/h8,16H,1,3-4,9-11H2,2,5-7H3. The van der Waals surface area contributed by atoms with Crippen molar-refractivity contribution in [1.29, 1.82) is 0 Å². The van der Waals surface area contributed by atoms with Crippen molar-refractivity contribution in [3.8, 4) is 0 Å². The molecule has 0 aromatic carbocycles. The molecule has 0 aliphatic carbocycles. The summed E-state index contributed by atoms with van der Waals surface area (Å²) in [5, 5.41) is 9.99. The zero-order valence-electron chi connectivity index (χ0n) is 11.7. The predicted octanol–water partition coefficient (Wildman–Crippen LogP) is 3.63. The summed E-state index contributed by atoms with van der Waals surface area (Å²) in [4.78, 5) is 0. The van der Waals surface area contributed by atoms with E-state index in [1.807, 2.05) is 20.8 Å². The van der Waals surface area contributed by atoms with E-state index in [0.29, 0.717) is 19.4 Å². The topological polar surface area (TPSA) is 29.5 Å². The van der Waals surface area contributed by atoms with Gasteiger partial charge in [0.15, 0.2) is 0 Å².